The highest BCUT2D eigenvalue weighted by Crippen LogP contribution is 2.27. The number of ether oxygens (including phenoxy) is 4. The van der Waals surface area contributed by atoms with Crippen molar-refractivity contribution in [2.24, 2.45) is 0 Å². The molecule has 0 radical (unpaired) electrons. The summed E-state index contributed by atoms with van der Waals surface area (Å²) in [5.41, 5.74) is 0. The van der Waals surface area contributed by atoms with E-state index in [1.807, 2.05) is 0 Å². The SMILES string of the molecule is CC(Oc1ccc(Oc2ccc(Cl)cc2)cc1)C(=O)NCO[P+](=O)OCNC(=O)C(C)Oc1ccc(Oc2ccc(Cl)cc2)cc1. The Morgan fingerprint density at radius 1 is 0.565 bits per heavy atom. The van der Waals surface area contributed by atoms with Gasteiger partial charge in [0, 0.05) is 14.6 Å². The first-order valence-electron chi connectivity index (χ1n) is 13.8. The van der Waals surface area contributed by atoms with Crippen molar-refractivity contribution in [1.29, 1.82) is 0 Å². The molecule has 46 heavy (non-hydrogen) atoms. The molecule has 4 aromatic carbocycles. The minimum Gasteiger partial charge on any atom is -0.481 e. The zero-order valence-corrected chi connectivity index (χ0v) is 27.1. The van der Waals surface area contributed by atoms with Crippen molar-refractivity contribution in [2.45, 2.75) is 26.1 Å². The van der Waals surface area contributed by atoms with E-state index < -0.39 is 45.7 Å². The summed E-state index contributed by atoms with van der Waals surface area (Å²) in [6, 6.07) is 27.3. The first-order valence-corrected chi connectivity index (χ1v) is 15.7. The van der Waals surface area contributed by atoms with Gasteiger partial charge >= 0.3 is 8.25 Å². The summed E-state index contributed by atoms with van der Waals surface area (Å²) in [5, 5.41) is 6.09. The summed E-state index contributed by atoms with van der Waals surface area (Å²) in [6.07, 6.45) is -1.75. The number of hydrogen-bond donors (Lipinski definition) is 2. The van der Waals surface area contributed by atoms with Crippen LogP contribution in [-0.4, -0.2) is 37.5 Å². The molecule has 0 fully saturated rings. The summed E-state index contributed by atoms with van der Waals surface area (Å²) in [6.45, 7) is 2.29. The summed E-state index contributed by atoms with van der Waals surface area (Å²) in [5.74, 6) is 2.27. The third kappa shape index (κ3) is 11.5. The van der Waals surface area contributed by atoms with Crippen molar-refractivity contribution in [2.75, 3.05) is 13.5 Å². The summed E-state index contributed by atoms with van der Waals surface area (Å²) < 4.78 is 44.6. The van der Waals surface area contributed by atoms with Gasteiger partial charge in [-0.3, -0.25) is 9.59 Å². The number of carbonyl (C=O) groups is 2. The van der Waals surface area contributed by atoms with Gasteiger partial charge in [0.1, 0.15) is 34.5 Å². The average Bonchev–Trinajstić information content (AvgIpc) is 3.05. The second-order valence-electron chi connectivity index (χ2n) is 9.43. The van der Waals surface area contributed by atoms with Crippen LogP contribution in [0.1, 0.15) is 13.8 Å². The van der Waals surface area contributed by atoms with E-state index in [9.17, 15) is 14.2 Å². The molecule has 2 atom stereocenters. The van der Waals surface area contributed by atoms with Crippen LogP contribution in [0.3, 0.4) is 0 Å². The minimum absolute atomic E-state index is 0.402. The molecule has 4 aromatic rings. The van der Waals surface area contributed by atoms with Crippen LogP contribution >= 0.6 is 31.5 Å². The average molecular weight is 688 g/mol. The normalized spacial score (nSPS) is 12.3. The maximum atomic E-state index is 12.3. The van der Waals surface area contributed by atoms with Crippen LogP contribution in [0.5, 0.6) is 34.5 Å². The highest BCUT2D eigenvalue weighted by molar-refractivity contribution is 7.33. The molecule has 0 heterocycles. The fourth-order valence-corrected chi connectivity index (χ4v) is 4.27. The predicted octanol–water partition coefficient (Wildman–Crippen LogP) is 7.65. The van der Waals surface area contributed by atoms with Crippen molar-refractivity contribution in [3.8, 4) is 34.5 Å². The van der Waals surface area contributed by atoms with Crippen molar-refractivity contribution in [1.82, 2.24) is 10.6 Å². The van der Waals surface area contributed by atoms with Crippen molar-refractivity contribution < 1.29 is 42.1 Å². The molecule has 2 unspecified atom stereocenters. The topological polar surface area (TPSA) is 131 Å². The molecule has 0 saturated carbocycles. The van der Waals surface area contributed by atoms with Gasteiger partial charge in [-0.2, -0.15) is 0 Å². The lowest BCUT2D eigenvalue weighted by atomic mass is 10.3. The lowest BCUT2D eigenvalue weighted by molar-refractivity contribution is -0.128. The monoisotopic (exact) mass is 687 g/mol. The first-order chi connectivity index (χ1) is 22.1. The van der Waals surface area contributed by atoms with Gasteiger partial charge in [0.05, 0.1) is 0 Å². The fourth-order valence-electron chi connectivity index (χ4n) is 3.60. The Bertz CT molecular complexity index is 1470. The molecule has 0 aliphatic carbocycles. The zero-order valence-electron chi connectivity index (χ0n) is 24.7. The second-order valence-corrected chi connectivity index (χ2v) is 11.3. The van der Waals surface area contributed by atoms with Crippen LogP contribution in [0.2, 0.25) is 10.0 Å². The molecule has 0 spiro atoms. The van der Waals surface area contributed by atoms with E-state index in [2.05, 4.69) is 10.6 Å². The Morgan fingerprint density at radius 3 is 1.17 bits per heavy atom. The number of benzene rings is 4. The third-order valence-corrected chi connectivity index (χ3v) is 7.13. The molecule has 11 nitrogen and oxygen atoms in total. The highest BCUT2D eigenvalue weighted by Gasteiger charge is 2.24. The first kappa shape index (κ1) is 34.5. The summed E-state index contributed by atoms with van der Waals surface area (Å²) in [7, 11) is -2.63. The fraction of sp³-hybridized carbons (Fsp3) is 0.188. The quantitative estimate of drug-likeness (QED) is 0.0901. The van der Waals surface area contributed by atoms with Gasteiger partial charge in [0.2, 0.25) is 0 Å². The van der Waals surface area contributed by atoms with E-state index in [0.717, 1.165) is 0 Å². The Balaban J connectivity index is 1.08. The summed E-state index contributed by atoms with van der Waals surface area (Å²) >= 11 is 11.8. The molecule has 2 amide bonds. The number of carbonyl (C=O) groups excluding carboxylic acids is 2. The van der Waals surface area contributed by atoms with E-state index in [1.54, 1.807) is 111 Å². The number of nitrogens with one attached hydrogen (secondary N) is 2. The van der Waals surface area contributed by atoms with Crippen LogP contribution in [-0.2, 0) is 23.2 Å². The second kappa shape index (κ2) is 17.4. The van der Waals surface area contributed by atoms with Crippen molar-refractivity contribution in [3.05, 3.63) is 107 Å². The number of hydrogen-bond acceptors (Lipinski definition) is 9. The van der Waals surface area contributed by atoms with Gasteiger partial charge in [-0.15, -0.1) is 0 Å². The van der Waals surface area contributed by atoms with Gasteiger partial charge < -0.3 is 29.6 Å². The van der Waals surface area contributed by atoms with Crippen LogP contribution in [0.25, 0.3) is 0 Å². The smallest absolute Gasteiger partial charge is 0.481 e. The van der Waals surface area contributed by atoms with Gasteiger partial charge in [-0.25, -0.2) is 0 Å². The molecule has 240 valence electrons. The molecule has 2 N–H and O–H groups in total. The van der Waals surface area contributed by atoms with E-state index in [4.69, 9.17) is 51.2 Å². The Hall–Kier alpha value is -4.38. The highest BCUT2D eigenvalue weighted by atomic mass is 35.5. The number of halogens is 2. The zero-order chi connectivity index (χ0) is 32.9. The standard InChI is InChI=1S/C32H29Cl2N2O9P/c1-21(42-25-11-15-29(16-12-25)44-27-7-3-23(33)4-8-27)31(37)35-19-40-46(39)41-20-36-32(38)22(2)43-26-13-17-30(18-14-26)45-28-9-5-24(34)6-10-28/h3-18,21-22H,19-20H2,1-2H3,(H-,35,36,37,38)/p+1. The Labute approximate surface area is 276 Å². The molecule has 0 aliphatic rings. The molecule has 14 heteroatoms. The number of rotatable bonds is 16. The molecular weight excluding hydrogens is 658 g/mol. The molecule has 0 aliphatic heterocycles. The third-order valence-electron chi connectivity index (χ3n) is 5.94. The summed E-state index contributed by atoms with van der Waals surface area (Å²) in [4.78, 5) is 24.7. The van der Waals surface area contributed by atoms with Crippen LogP contribution < -0.4 is 29.6 Å². The van der Waals surface area contributed by atoms with Crippen molar-refractivity contribution in [3.63, 3.8) is 0 Å². The maximum absolute atomic E-state index is 12.3. The largest absolute Gasteiger partial charge is 0.701 e. The Morgan fingerprint density at radius 2 is 0.848 bits per heavy atom. The van der Waals surface area contributed by atoms with E-state index >= 15 is 0 Å². The molecule has 0 aromatic heterocycles. The van der Waals surface area contributed by atoms with Crippen LogP contribution in [0, 0.1) is 0 Å². The molecule has 4 rings (SSSR count). The molecule has 0 bridgehead atoms. The Kier molecular flexibility index (Phi) is 13.0. The molecular formula is C32H30Cl2N2O9P+. The van der Waals surface area contributed by atoms with Gasteiger partial charge in [-0.1, -0.05) is 32.2 Å². The van der Waals surface area contributed by atoms with Gasteiger partial charge in [0.15, 0.2) is 25.7 Å². The van der Waals surface area contributed by atoms with Crippen LogP contribution in [0.15, 0.2) is 97.1 Å². The lowest BCUT2D eigenvalue weighted by Gasteiger charge is -2.14. The van der Waals surface area contributed by atoms with Crippen LogP contribution in [0.4, 0.5) is 0 Å². The van der Waals surface area contributed by atoms with Crippen molar-refractivity contribution >= 4 is 43.3 Å². The maximum Gasteiger partial charge on any atom is 0.701 e. The van der Waals surface area contributed by atoms with E-state index in [0.29, 0.717) is 44.5 Å². The molecule has 0 saturated heterocycles. The minimum atomic E-state index is -2.63. The van der Waals surface area contributed by atoms with Gasteiger partial charge in [-0.05, 0) is 111 Å². The van der Waals surface area contributed by atoms with Gasteiger partial charge in [0.25, 0.3) is 11.8 Å². The number of amides is 2. The van der Waals surface area contributed by atoms with E-state index in [1.165, 1.54) is 0 Å². The predicted molar refractivity (Wildman–Crippen MR) is 172 cm³/mol. The lowest BCUT2D eigenvalue weighted by Crippen LogP contribution is -2.37. The van der Waals surface area contributed by atoms with E-state index in [-0.39, 0.29) is 0 Å².